The molecule has 0 aromatic heterocycles. The van der Waals surface area contributed by atoms with Gasteiger partial charge in [-0.1, -0.05) is 13.3 Å². The highest BCUT2D eigenvalue weighted by Crippen LogP contribution is 2.23. The zero-order chi connectivity index (χ0) is 14.8. The molecule has 112 valence electrons. The number of nitrogens with one attached hydrogen (secondary N) is 1. The number of anilines is 1. The number of ether oxygens (including phenoxy) is 2. The molecule has 5 heteroatoms. The Morgan fingerprint density at radius 3 is 2.80 bits per heavy atom. The van der Waals surface area contributed by atoms with Crippen molar-refractivity contribution in [1.82, 2.24) is 5.32 Å². The van der Waals surface area contributed by atoms with Gasteiger partial charge in [-0.25, -0.2) is 0 Å². The minimum absolute atomic E-state index is 0.124. The lowest BCUT2D eigenvalue weighted by Gasteiger charge is -2.10. The van der Waals surface area contributed by atoms with Crippen LogP contribution in [-0.2, 0) is 4.74 Å². The van der Waals surface area contributed by atoms with Crippen LogP contribution >= 0.6 is 0 Å². The van der Waals surface area contributed by atoms with Gasteiger partial charge in [0.1, 0.15) is 5.75 Å². The summed E-state index contributed by atoms with van der Waals surface area (Å²) in [6.45, 7) is 3.92. The Labute approximate surface area is 120 Å². The third-order valence-corrected chi connectivity index (χ3v) is 2.84. The molecule has 0 saturated carbocycles. The molecule has 0 unspecified atom stereocenters. The summed E-state index contributed by atoms with van der Waals surface area (Å²) in [6.07, 6.45) is 2.81. The summed E-state index contributed by atoms with van der Waals surface area (Å²) in [5.74, 6) is 0.449. The molecule has 0 fully saturated rings. The van der Waals surface area contributed by atoms with E-state index in [-0.39, 0.29) is 5.91 Å². The highest BCUT2D eigenvalue weighted by Gasteiger charge is 2.08. The summed E-state index contributed by atoms with van der Waals surface area (Å²) in [6, 6.07) is 5.09. The number of benzene rings is 1. The predicted molar refractivity (Wildman–Crippen MR) is 80.1 cm³/mol. The topological polar surface area (TPSA) is 73.6 Å². The largest absolute Gasteiger partial charge is 0.491 e. The lowest BCUT2D eigenvalue weighted by Crippen LogP contribution is -2.25. The summed E-state index contributed by atoms with van der Waals surface area (Å²) in [4.78, 5) is 12.0. The minimum Gasteiger partial charge on any atom is -0.491 e. The maximum atomic E-state index is 12.0. The van der Waals surface area contributed by atoms with Gasteiger partial charge in [0.15, 0.2) is 0 Å². The quantitative estimate of drug-likeness (QED) is 0.537. The second kappa shape index (κ2) is 9.20. The number of unbranched alkanes of at least 4 members (excludes halogenated alkanes) is 1. The van der Waals surface area contributed by atoms with Crippen LogP contribution in [0.2, 0.25) is 0 Å². The van der Waals surface area contributed by atoms with Gasteiger partial charge in [-0.3, -0.25) is 4.79 Å². The van der Waals surface area contributed by atoms with Crippen molar-refractivity contribution >= 4 is 11.6 Å². The van der Waals surface area contributed by atoms with Gasteiger partial charge in [0, 0.05) is 25.8 Å². The number of hydrogen-bond acceptors (Lipinski definition) is 4. The third kappa shape index (κ3) is 5.48. The van der Waals surface area contributed by atoms with E-state index in [4.69, 9.17) is 15.2 Å². The van der Waals surface area contributed by atoms with Crippen molar-refractivity contribution in [3.05, 3.63) is 23.8 Å². The van der Waals surface area contributed by atoms with E-state index < -0.39 is 0 Å². The Morgan fingerprint density at radius 2 is 2.10 bits per heavy atom. The lowest BCUT2D eigenvalue weighted by molar-refractivity contribution is 0.0948. The maximum absolute atomic E-state index is 12.0. The average Bonchev–Trinajstić information content (AvgIpc) is 2.45. The Morgan fingerprint density at radius 1 is 1.30 bits per heavy atom. The van der Waals surface area contributed by atoms with E-state index in [0.717, 1.165) is 19.3 Å². The minimum atomic E-state index is -0.124. The van der Waals surface area contributed by atoms with E-state index in [1.807, 2.05) is 0 Å². The van der Waals surface area contributed by atoms with Crippen LogP contribution in [0.25, 0.3) is 0 Å². The predicted octanol–water partition coefficient (Wildman–Crippen LogP) is 2.21. The molecule has 1 aromatic carbocycles. The monoisotopic (exact) mass is 280 g/mol. The number of hydrogen-bond donors (Lipinski definition) is 2. The molecule has 5 nitrogen and oxygen atoms in total. The van der Waals surface area contributed by atoms with Crippen molar-refractivity contribution in [3.8, 4) is 5.75 Å². The van der Waals surface area contributed by atoms with Crippen molar-refractivity contribution in [2.45, 2.75) is 26.2 Å². The van der Waals surface area contributed by atoms with Gasteiger partial charge in [-0.2, -0.15) is 0 Å². The number of rotatable bonds is 9. The summed E-state index contributed by atoms with van der Waals surface area (Å²) in [5, 5.41) is 2.83. The number of nitrogen functional groups attached to an aromatic ring is 1. The molecule has 1 aromatic rings. The molecule has 0 spiro atoms. The molecule has 0 aliphatic rings. The van der Waals surface area contributed by atoms with E-state index in [0.29, 0.717) is 36.8 Å². The molecular weight excluding hydrogens is 256 g/mol. The van der Waals surface area contributed by atoms with Crippen LogP contribution in [0, 0.1) is 0 Å². The van der Waals surface area contributed by atoms with E-state index in [2.05, 4.69) is 12.2 Å². The first-order valence-corrected chi connectivity index (χ1v) is 6.98. The van der Waals surface area contributed by atoms with Gasteiger partial charge in [0.2, 0.25) is 0 Å². The summed E-state index contributed by atoms with van der Waals surface area (Å²) >= 11 is 0. The first-order chi connectivity index (χ1) is 9.69. The molecule has 3 N–H and O–H groups in total. The van der Waals surface area contributed by atoms with Crippen molar-refractivity contribution in [2.24, 2.45) is 0 Å². The summed E-state index contributed by atoms with van der Waals surface area (Å²) in [7, 11) is 1.64. The summed E-state index contributed by atoms with van der Waals surface area (Å²) < 4.78 is 10.5. The van der Waals surface area contributed by atoms with E-state index in [1.54, 1.807) is 25.3 Å². The van der Waals surface area contributed by atoms with Gasteiger partial charge in [-0.05, 0) is 31.0 Å². The number of methoxy groups -OCH3 is 1. The number of carbonyl (C=O) groups excluding carboxylic acids is 1. The Hall–Kier alpha value is -1.75. The molecule has 0 heterocycles. The van der Waals surface area contributed by atoms with Crippen LogP contribution in [0.1, 0.15) is 36.5 Å². The summed E-state index contributed by atoms with van der Waals surface area (Å²) in [5.41, 5.74) is 6.95. The number of amides is 1. The first kappa shape index (κ1) is 16.3. The van der Waals surface area contributed by atoms with Crippen LogP contribution < -0.4 is 15.8 Å². The zero-order valence-electron chi connectivity index (χ0n) is 12.3. The maximum Gasteiger partial charge on any atom is 0.251 e. The fraction of sp³-hybridized carbons (Fsp3) is 0.533. The SMILES string of the molecule is CCCCOc1cc(C(=O)NCCCOC)ccc1N. The van der Waals surface area contributed by atoms with Gasteiger partial charge in [0.25, 0.3) is 5.91 Å². The number of nitrogens with two attached hydrogens (primary N) is 1. The van der Waals surface area contributed by atoms with E-state index in [1.165, 1.54) is 0 Å². The molecule has 0 saturated heterocycles. The van der Waals surface area contributed by atoms with Crippen LogP contribution in [-0.4, -0.2) is 32.8 Å². The molecule has 0 radical (unpaired) electrons. The Balaban J connectivity index is 2.56. The van der Waals surface area contributed by atoms with Crippen LogP contribution in [0.15, 0.2) is 18.2 Å². The molecule has 0 atom stereocenters. The molecule has 20 heavy (non-hydrogen) atoms. The average molecular weight is 280 g/mol. The van der Waals surface area contributed by atoms with Crippen LogP contribution in [0.3, 0.4) is 0 Å². The Bertz CT molecular complexity index is 422. The standard InChI is InChI=1S/C15H24N2O3/c1-3-4-10-20-14-11-12(6-7-13(14)16)15(18)17-8-5-9-19-2/h6-7,11H,3-5,8-10,16H2,1-2H3,(H,17,18). The fourth-order valence-electron chi connectivity index (χ4n) is 1.65. The molecule has 0 aliphatic heterocycles. The van der Waals surface area contributed by atoms with Crippen molar-refractivity contribution in [1.29, 1.82) is 0 Å². The third-order valence-electron chi connectivity index (χ3n) is 2.84. The van der Waals surface area contributed by atoms with Gasteiger partial charge >= 0.3 is 0 Å². The highest BCUT2D eigenvalue weighted by atomic mass is 16.5. The number of carbonyl (C=O) groups is 1. The molecule has 0 aliphatic carbocycles. The van der Waals surface area contributed by atoms with Crippen LogP contribution in [0.4, 0.5) is 5.69 Å². The van der Waals surface area contributed by atoms with Crippen molar-refractivity contribution in [2.75, 3.05) is 32.6 Å². The fourth-order valence-corrected chi connectivity index (χ4v) is 1.65. The zero-order valence-corrected chi connectivity index (χ0v) is 12.3. The first-order valence-electron chi connectivity index (χ1n) is 6.98. The van der Waals surface area contributed by atoms with Crippen molar-refractivity contribution in [3.63, 3.8) is 0 Å². The van der Waals surface area contributed by atoms with Crippen LogP contribution in [0.5, 0.6) is 5.75 Å². The van der Waals surface area contributed by atoms with E-state index >= 15 is 0 Å². The lowest BCUT2D eigenvalue weighted by atomic mass is 10.1. The smallest absolute Gasteiger partial charge is 0.251 e. The normalized spacial score (nSPS) is 10.3. The van der Waals surface area contributed by atoms with Gasteiger partial charge in [-0.15, -0.1) is 0 Å². The van der Waals surface area contributed by atoms with E-state index in [9.17, 15) is 4.79 Å². The molecular formula is C15H24N2O3. The molecule has 1 rings (SSSR count). The van der Waals surface area contributed by atoms with Gasteiger partial charge < -0.3 is 20.5 Å². The molecule has 1 amide bonds. The molecule has 0 bridgehead atoms. The highest BCUT2D eigenvalue weighted by molar-refractivity contribution is 5.95. The second-order valence-corrected chi connectivity index (χ2v) is 4.56. The van der Waals surface area contributed by atoms with Crippen molar-refractivity contribution < 1.29 is 14.3 Å². The Kier molecular flexibility index (Phi) is 7.50. The second-order valence-electron chi connectivity index (χ2n) is 4.56. The van der Waals surface area contributed by atoms with Gasteiger partial charge in [0.05, 0.1) is 12.3 Å².